The van der Waals surface area contributed by atoms with Gasteiger partial charge in [0.25, 0.3) is 0 Å². The fourth-order valence-electron chi connectivity index (χ4n) is 0.703. The average molecular weight is 131 g/mol. The standard InChI is InChI=1S/C7H17NO/c1-4-7(5-8)9-6(2)3/h6-7H,4-5,8H2,1-3H3. The van der Waals surface area contributed by atoms with Gasteiger partial charge >= 0.3 is 0 Å². The first-order valence-electron chi connectivity index (χ1n) is 3.56. The van der Waals surface area contributed by atoms with E-state index in [0.717, 1.165) is 6.42 Å². The summed E-state index contributed by atoms with van der Waals surface area (Å²) in [6.07, 6.45) is 1.57. The van der Waals surface area contributed by atoms with Crippen LogP contribution < -0.4 is 5.73 Å². The third-order valence-corrected chi connectivity index (χ3v) is 1.18. The van der Waals surface area contributed by atoms with Gasteiger partial charge in [-0.05, 0) is 20.3 Å². The van der Waals surface area contributed by atoms with Gasteiger partial charge in [0.2, 0.25) is 0 Å². The van der Waals surface area contributed by atoms with Crippen LogP contribution in [-0.2, 0) is 4.74 Å². The van der Waals surface area contributed by atoms with Crippen molar-refractivity contribution in [3.05, 3.63) is 0 Å². The molecule has 0 aromatic rings. The number of hydrogen-bond donors (Lipinski definition) is 1. The zero-order chi connectivity index (χ0) is 7.28. The second-order valence-electron chi connectivity index (χ2n) is 2.45. The van der Waals surface area contributed by atoms with Crippen LogP contribution in [0.4, 0.5) is 0 Å². The molecule has 9 heavy (non-hydrogen) atoms. The second kappa shape index (κ2) is 4.77. The molecule has 0 amide bonds. The fourth-order valence-corrected chi connectivity index (χ4v) is 0.703. The van der Waals surface area contributed by atoms with Crippen molar-refractivity contribution >= 4 is 0 Å². The van der Waals surface area contributed by atoms with Gasteiger partial charge in [0, 0.05) is 6.54 Å². The molecule has 0 saturated carbocycles. The van der Waals surface area contributed by atoms with E-state index >= 15 is 0 Å². The van der Waals surface area contributed by atoms with E-state index < -0.39 is 0 Å². The van der Waals surface area contributed by atoms with Crippen LogP contribution in [0.1, 0.15) is 27.2 Å². The summed E-state index contributed by atoms with van der Waals surface area (Å²) in [5.74, 6) is 0. The Labute approximate surface area is 57.4 Å². The Bertz CT molecular complexity index is 59.9. The van der Waals surface area contributed by atoms with E-state index in [0.29, 0.717) is 12.6 Å². The highest BCUT2D eigenvalue weighted by Gasteiger charge is 2.04. The predicted octanol–water partition coefficient (Wildman–Crippen LogP) is 1.15. The Hall–Kier alpha value is -0.0800. The summed E-state index contributed by atoms with van der Waals surface area (Å²) in [5, 5.41) is 0. The van der Waals surface area contributed by atoms with Crippen molar-refractivity contribution < 1.29 is 4.74 Å². The van der Waals surface area contributed by atoms with Gasteiger partial charge in [0.15, 0.2) is 0 Å². The molecule has 56 valence electrons. The molecule has 2 nitrogen and oxygen atoms in total. The van der Waals surface area contributed by atoms with Crippen LogP contribution in [0.3, 0.4) is 0 Å². The number of ether oxygens (including phenoxy) is 1. The van der Waals surface area contributed by atoms with Crippen molar-refractivity contribution in [2.45, 2.75) is 39.4 Å². The fraction of sp³-hybridized carbons (Fsp3) is 1.00. The van der Waals surface area contributed by atoms with Crippen molar-refractivity contribution in [2.24, 2.45) is 5.73 Å². The highest BCUT2D eigenvalue weighted by molar-refractivity contribution is 4.55. The molecule has 2 N–H and O–H groups in total. The van der Waals surface area contributed by atoms with Gasteiger partial charge in [-0.15, -0.1) is 0 Å². The molecule has 0 aromatic carbocycles. The van der Waals surface area contributed by atoms with Gasteiger partial charge in [-0.2, -0.15) is 0 Å². The van der Waals surface area contributed by atoms with Crippen molar-refractivity contribution in [2.75, 3.05) is 6.54 Å². The first-order valence-corrected chi connectivity index (χ1v) is 3.56. The van der Waals surface area contributed by atoms with Crippen LogP contribution >= 0.6 is 0 Å². The molecular formula is C7H17NO. The SMILES string of the molecule is CCC(CN)OC(C)C. The maximum Gasteiger partial charge on any atom is 0.0698 e. The molecule has 0 radical (unpaired) electrons. The van der Waals surface area contributed by atoms with Crippen LogP contribution in [0, 0.1) is 0 Å². The van der Waals surface area contributed by atoms with Crippen LogP contribution in [0.5, 0.6) is 0 Å². The lowest BCUT2D eigenvalue weighted by molar-refractivity contribution is 0.0114. The van der Waals surface area contributed by atoms with E-state index in [4.69, 9.17) is 10.5 Å². The van der Waals surface area contributed by atoms with Crippen molar-refractivity contribution in [1.82, 2.24) is 0 Å². The van der Waals surface area contributed by atoms with Crippen LogP contribution in [-0.4, -0.2) is 18.8 Å². The third kappa shape index (κ3) is 4.43. The Morgan fingerprint density at radius 3 is 2.11 bits per heavy atom. The third-order valence-electron chi connectivity index (χ3n) is 1.18. The number of rotatable bonds is 4. The van der Waals surface area contributed by atoms with Crippen LogP contribution in [0.2, 0.25) is 0 Å². The van der Waals surface area contributed by atoms with Crippen molar-refractivity contribution in [3.63, 3.8) is 0 Å². The van der Waals surface area contributed by atoms with Gasteiger partial charge < -0.3 is 10.5 Å². The monoisotopic (exact) mass is 131 g/mol. The largest absolute Gasteiger partial charge is 0.374 e. The highest BCUT2D eigenvalue weighted by Crippen LogP contribution is 1.99. The molecule has 0 heterocycles. The first-order chi connectivity index (χ1) is 4.20. The molecular weight excluding hydrogens is 114 g/mol. The van der Waals surface area contributed by atoms with E-state index in [9.17, 15) is 0 Å². The minimum atomic E-state index is 0.255. The lowest BCUT2D eigenvalue weighted by atomic mass is 10.3. The predicted molar refractivity (Wildman–Crippen MR) is 39.4 cm³/mol. The molecule has 0 fully saturated rings. The Morgan fingerprint density at radius 1 is 1.44 bits per heavy atom. The van der Waals surface area contributed by atoms with Gasteiger partial charge in [-0.1, -0.05) is 6.92 Å². The summed E-state index contributed by atoms with van der Waals surface area (Å²) in [5.41, 5.74) is 5.41. The van der Waals surface area contributed by atoms with Gasteiger partial charge in [-0.25, -0.2) is 0 Å². The van der Waals surface area contributed by atoms with Gasteiger partial charge in [0.05, 0.1) is 12.2 Å². The van der Waals surface area contributed by atoms with Crippen molar-refractivity contribution in [3.8, 4) is 0 Å². The molecule has 0 aliphatic heterocycles. The van der Waals surface area contributed by atoms with E-state index in [-0.39, 0.29) is 6.10 Å². The van der Waals surface area contributed by atoms with E-state index in [1.165, 1.54) is 0 Å². The lowest BCUT2D eigenvalue weighted by Crippen LogP contribution is -2.25. The number of nitrogens with two attached hydrogens (primary N) is 1. The molecule has 0 aromatic heterocycles. The molecule has 0 saturated heterocycles. The quantitative estimate of drug-likeness (QED) is 0.621. The lowest BCUT2D eigenvalue weighted by Gasteiger charge is -2.16. The molecule has 0 aliphatic rings. The van der Waals surface area contributed by atoms with Gasteiger partial charge in [0.1, 0.15) is 0 Å². The summed E-state index contributed by atoms with van der Waals surface area (Å²) in [6.45, 7) is 6.77. The molecule has 0 rings (SSSR count). The van der Waals surface area contributed by atoms with Crippen molar-refractivity contribution in [1.29, 1.82) is 0 Å². The average Bonchev–Trinajstić information content (AvgIpc) is 1.82. The van der Waals surface area contributed by atoms with E-state index in [1.807, 2.05) is 13.8 Å². The molecule has 2 heteroatoms. The highest BCUT2D eigenvalue weighted by atomic mass is 16.5. The molecule has 1 atom stereocenters. The van der Waals surface area contributed by atoms with Crippen LogP contribution in [0.25, 0.3) is 0 Å². The molecule has 0 bridgehead atoms. The van der Waals surface area contributed by atoms with Gasteiger partial charge in [-0.3, -0.25) is 0 Å². The molecule has 1 unspecified atom stereocenters. The second-order valence-corrected chi connectivity index (χ2v) is 2.45. The summed E-state index contributed by atoms with van der Waals surface area (Å²) >= 11 is 0. The summed E-state index contributed by atoms with van der Waals surface area (Å²) in [4.78, 5) is 0. The smallest absolute Gasteiger partial charge is 0.0698 e. The molecule has 0 aliphatic carbocycles. The summed E-state index contributed by atoms with van der Waals surface area (Å²) in [7, 11) is 0. The Kier molecular flexibility index (Phi) is 4.72. The zero-order valence-corrected chi connectivity index (χ0v) is 6.55. The summed E-state index contributed by atoms with van der Waals surface area (Å²) < 4.78 is 5.42. The minimum absolute atomic E-state index is 0.255. The number of hydrogen-bond acceptors (Lipinski definition) is 2. The molecule has 0 spiro atoms. The minimum Gasteiger partial charge on any atom is -0.374 e. The maximum absolute atomic E-state index is 5.42. The topological polar surface area (TPSA) is 35.2 Å². The zero-order valence-electron chi connectivity index (χ0n) is 6.55. The van der Waals surface area contributed by atoms with Crippen LogP contribution in [0.15, 0.2) is 0 Å². The Morgan fingerprint density at radius 2 is 2.00 bits per heavy atom. The summed E-state index contributed by atoms with van der Waals surface area (Å²) in [6, 6.07) is 0. The van der Waals surface area contributed by atoms with E-state index in [1.54, 1.807) is 0 Å². The normalized spacial score (nSPS) is 14.3. The van der Waals surface area contributed by atoms with E-state index in [2.05, 4.69) is 6.92 Å². The Balaban J connectivity index is 3.31. The first kappa shape index (κ1) is 8.92. The maximum atomic E-state index is 5.42.